The van der Waals surface area contributed by atoms with E-state index in [1.165, 1.54) is 33.4 Å². The monoisotopic (exact) mass is 452 g/mol. The third kappa shape index (κ3) is 7.83. The smallest absolute Gasteiger partial charge is 0.358 e. The van der Waals surface area contributed by atoms with Gasteiger partial charge in [0.15, 0.2) is 0 Å². The predicted octanol–water partition coefficient (Wildman–Crippen LogP) is 8.16. The zero-order valence-corrected chi connectivity index (χ0v) is 22.3. The third-order valence-electron chi connectivity index (χ3n) is 5.73. The van der Waals surface area contributed by atoms with E-state index in [2.05, 4.69) is 87.5 Å². The molecule has 0 N–H and O–H groups in total. The Balaban J connectivity index is 0. The maximum atomic E-state index is 3.44. The number of benzene rings is 1. The van der Waals surface area contributed by atoms with Gasteiger partial charge in [-0.3, -0.25) is 12.2 Å². The van der Waals surface area contributed by atoms with Crippen LogP contribution in [0.15, 0.2) is 63.8 Å². The molecule has 1 aromatic carbocycles. The molecule has 0 bridgehead atoms. The Morgan fingerprint density at radius 2 is 0.929 bits per heavy atom. The Hall–Kier alpha value is -0.937. The van der Waals surface area contributed by atoms with Gasteiger partial charge >= 0.3 is 26.2 Å². The van der Waals surface area contributed by atoms with Crippen molar-refractivity contribution in [2.75, 3.05) is 0 Å². The second-order valence-electron chi connectivity index (χ2n) is 8.33. The van der Waals surface area contributed by atoms with Gasteiger partial charge in [0, 0.05) is 0 Å². The quantitative estimate of drug-likeness (QED) is 0.348. The normalized spacial score (nSPS) is 18.5. The van der Waals surface area contributed by atoms with E-state index in [9.17, 15) is 0 Å². The van der Waals surface area contributed by atoms with Gasteiger partial charge < -0.3 is 7.43 Å². The van der Waals surface area contributed by atoms with Crippen LogP contribution in [0.1, 0.15) is 69.2 Å². The van der Waals surface area contributed by atoms with Crippen molar-refractivity contribution in [3.8, 4) is 0 Å². The summed E-state index contributed by atoms with van der Waals surface area (Å²) < 4.78 is 0. The van der Waals surface area contributed by atoms with Crippen molar-refractivity contribution in [1.82, 2.24) is 0 Å². The van der Waals surface area contributed by atoms with Gasteiger partial charge in [0.05, 0.1) is 0 Å². The molecule has 0 amide bonds. The summed E-state index contributed by atoms with van der Waals surface area (Å²) in [6, 6.07) is 12.5. The minimum absolute atomic E-state index is 0. The number of allylic oxidation sites excluding steroid dienone is 8. The van der Waals surface area contributed by atoms with Crippen molar-refractivity contribution < 1.29 is 26.2 Å². The molecular weight excluding hydrogens is 416 g/mol. The number of hydrogen-bond acceptors (Lipinski definition) is 0. The molecule has 1 aromatic rings. The second-order valence-corrected chi connectivity index (χ2v) is 8.33. The molecule has 28 heavy (non-hydrogen) atoms. The molecule has 0 nitrogen and oxygen atoms in total. The largest absolute Gasteiger partial charge is 4.00 e. The van der Waals surface area contributed by atoms with Gasteiger partial charge in [0.2, 0.25) is 0 Å². The third-order valence-corrected chi connectivity index (χ3v) is 5.73. The van der Waals surface area contributed by atoms with Crippen molar-refractivity contribution in [2.45, 2.75) is 69.2 Å². The fourth-order valence-corrected chi connectivity index (χ4v) is 3.15. The fourth-order valence-electron chi connectivity index (χ4n) is 3.15. The molecule has 0 atom stereocenters. The summed E-state index contributed by atoms with van der Waals surface area (Å²) in [6.45, 7) is 21.8. The van der Waals surface area contributed by atoms with Crippen molar-refractivity contribution in [1.29, 1.82) is 0 Å². The summed E-state index contributed by atoms with van der Waals surface area (Å²) in [4.78, 5) is 0. The van der Waals surface area contributed by atoms with Crippen molar-refractivity contribution >= 4 is 0 Å². The van der Waals surface area contributed by atoms with Crippen molar-refractivity contribution in [3.05, 3.63) is 89.4 Å². The van der Waals surface area contributed by atoms with Crippen LogP contribution in [0, 0.1) is 36.5 Å². The zero-order valence-electron chi connectivity index (χ0n) is 19.9. The molecule has 0 heterocycles. The standard InChI is InChI=1S/2C10H15.C6H5.CH3.Zr/c2*1-7-6-10(4,5)9(3)8(7)2;1-2-4-6-5-3-1;;/h2*1-5H3;1-5H;1H3;/q4*-1;+4. The van der Waals surface area contributed by atoms with Crippen LogP contribution < -0.4 is 0 Å². The van der Waals surface area contributed by atoms with E-state index in [-0.39, 0.29) is 44.5 Å². The van der Waals surface area contributed by atoms with E-state index in [0.717, 1.165) is 0 Å². The van der Waals surface area contributed by atoms with Gasteiger partial charge in [0.1, 0.15) is 0 Å². The minimum atomic E-state index is 0. The van der Waals surface area contributed by atoms with Crippen LogP contribution in [0.4, 0.5) is 0 Å². The molecular formula is C27H38Zr. The minimum Gasteiger partial charge on any atom is -0.358 e. The van der Waals surface area contributed by atoms with Crippen molar-refractivity contribution in [3.63, 3.8) is 0 Å². The van der Waals surface area contributed by atoms with Gasteiger partial charge in [-0.25, -0.2) is 11.1 Å². The molecule has 0 unspecified atom stereocenters. The molecule has 0 saturated heterocycles. The first kappa shape index (κ1) is 29.3. The SMILES string of the molecule is CC1=[C-]C(C)(C)C(C)=C1C.CC1=[C-]C(C)(C)C(C)=C1C.[CH3-].[Zr+4].[c-]1ccccc1. The molecule has 0 fully saturated rings. The van der Waals surface area contributed by atoms with Crippen molar-refractivity contribution in [2.24, 2.45) is 10.8 Å². The summed E-state index contributed by atoms with van der Waals surface area (Å²) in [5.41, 5.74) is 8.79. The van der Waals surface area contributed by atoms with Crippen LogP contribution in [0.25, 0.3) is 0 Å². The molecule has 0 aliphatic heterocycles. The molecule has 0 spiro atoms. The fraction of sp³-hybridized carbons (Fsp3) is 0.444. The van der Waals surface area contributed by atoms with E-state index in [4.69, 9.17) is 0 Å². The van der Waals surface area contributed by atoms with Crippen LogP contribution in [0.2, 0.25) is 0 Å². The summed E-state index contributed by atoms with van der Waals surface area (Å²) >= 11 is 0. The van der Waals surface area contributed by atoms with E-state index < -0.39 is 0 Å². The van der Waals surface area contributed by atoms with Crippen LogP contribution >= 0.6 is 0 Å². The van der Waals surface area contributed by atoms with Crippen LogP contribution in [-0.2, 0) is 26.2 Å². The van der Waals surface area contributed by atoms with Crippen LogP contribution in [0.5, 0.6) is 0 Å². The molecule has 2 aliphatic carbocycles. The molecule has 2 aliphatic rings. The maximum absolute atomic E-state index is 3.44. The Morgan fingerprint density at radius 3 is 1.00 bits per heavy atom. The maximum Gasteiger partial charge on any atom is 4.00 e. The first-order valence-corrected chi connectivity index (χ1v) is 9.41. The molecule has 3 rings (SSSR count). The Bertz CT molecular complexity index is 661. The molecule has 150 valence electrons. The molecule has 1 heteroatoms. The van der Waals surface area contributed by atoms with Gasteiger partial charge in [-0.1, -0.05) is 66.2 Å². The predicted molar refractivity (Wildman–Crippen MR) is 121 cm³/mol. The summed E-state index contributed by atoms with van der Waals surface area (Å²) in [6.07, 6.45) is 6.87. The Morgan fingerprint density at radius 1 is 0.607 bits per heavy atom. The average Bonchev–Trinajstić information content (AvgIpc) is 2.88. The van der Waals surface area contributed by atoms with Gasteiger partial charge in [-0.2, -0.15) is 58.7 Å². The van der Waals surface area contributed by atoms with E-state index >= 15 is 0 Å². The first-order valence-electron chi connectivity index (χ1n) is 9.41. The average molecular weight is 454 g/mol. The van der Waals surface area contributed by atoms with E-state index in [1.807, 2.05) is 30.3 Å². The van der Waals surface area contributed by atoms with E-state index in [0.29, 0.717) is 0 Å². The number of rotatable bonds is 0. The Kier molecular flexibility index (Phi) is 12.5. The van der Waals surface area contributed by atoms with Gasteiger partial charge in [-0.15, -0.1) is 13.8 Å². The summed E-state index contributed by atoms with van der Waals surface area (Å²) in [5, 5.41) is 0. The summed E-state index contributed by atoms with van der Waals surface area (Å²) in [5.74, 6) is 0. The Labute approximate surface area is 195 Å². The summed E-state index contributed by atoms with van der Waals surface area (Å²) in [7, 11) is 0. The molecule has 0 radical (unpaired) electrons. The first-order chi connectivity index (χ1) is 11.9. The van der Waals surface area contributed by atoms with Gasteiger partial charge in [0.25, 0.3) is 0 Å². The van der Waals surface area contributed by atoms with Crippen LogP contribution in [-0.4, -0.2) is 0 Å². The molecule has 0 saturated carbocycles. The van der Waals surface area contributed by atoms with E-state index in [1.54, 1.807) is 0 Å². The zero-order chi connectivity index (χ0) is 20.1. The van der Waals surface area contributed by atoms with Gasteiger partial charge in [-0.05, 0) is 0 Å². The topological polar surface area (TPSA) is 0 Å². The van der Waals surface area contributed by atoms with Crippen LogP contribution in [0.3, 0.4) is 0 Å². The molecule has 0 aromatic heterocycles. The number of hydrogen-bond donors (Lipinski definition) is 0. The second kappa shape index (κ2) is 11.9.